The predicted octanol–water partition coefficient (Wildman–Crippen LogP) is 1.47. The van der Waals surface area contributed by atoms with Crippen LogP contribution >= 0.6 is 0 Å². The first-order valence-electron chi connectivity index (χ1n) is 7.32. The molecule has 2 unspecified atom stereocenters. The average Bonchev–Trinajstić information content (AvgIpc) is 2.53. The summed E-state index contributed by atoms with van der Waals surface area (Å²) in [4.78, 5) is 20.7. The maximum atomic E-state index is 14.0. The highest BCUT2D eigenvalue weighted by Crippen LogP contribution is 2.35. The number of methoxy groups -OCH3 is 1. The van der Waals surface area contributed by atoms with E-state index < -0.39 is 49.0 Å². The number of nitrogens with zero attached hydrogens (tertiary/aromatic N) is 2. The Balaban J connectivity index is 2.49. The summed E-state index contributed by atoms with van der Waals surface area (Å²) in [5.41, 5.74) is -0.819. The van der Waals surface area contributed by atoms with Gasteiger partial charge in [0, 0.05) is 19.2 Å². The first-order chi connectivity index (χ1) is 11.6. The van der Waals surface area contributed by atoms with Gasteiger partial charge in [0.2, 0.25) is 15.8 Å². The normalized spacial score (nSPS) is 21.7. The standard InChI is InChI=1S/C14H17FN2O7S/c1-8-3-9(14(18)19)7-16(6-8)25(22,23)10-4-11(15)13(24-2)12(5-10)17(20)21/h4-5,8-9H,3,6-7H2,1-2H3,(H,18,19). The van der Waals surface area contributed by atoms with E-state index >= 15 is 0 Å². The zero-order valence-corrected chi connectivity index (χ0v) is 14.3. The van der Waals surface area contributed by atoms with E-state index in [9.17, 15) is 27.7 Å². The number of benzene rings is 1. The maximum Gasteiger partial charge on any atom is 0.315 e. The molecule has 0 spiro atoms. The van der Waals surface area contributed by atoms with Gasteiger partial charge in [0.05, 0.1) is 22.8 Å². The molecule has 1 fully saturated rings. The molecule has 0 radical (unpaired) electrons. The number of ether oxygens (including phenoxy) is 1. The molecule has 2 rings (SSSR count). The fourth-order valence-electron chi connectivity index (χ4n) is 2.87. The highest BCUT2D eigenvalue weighted by molar-refractivity contribution is 7.89. The number of nitro groups is 1. The van der Waals surface area contributed by atoms with Gasteiger partial charge in [-0.15, -0.1) is 0 Å². The molecular weight excluding hydrogens is 359 g/mol. The third-order valence-electron chi connectivity index (χ3n) is 4.01. The van der Waals surface area contributed by atoms with E-state index in [0.717, 1.165) is 11.4 Å². The van der Waals surface area contributed by atoms with E-state index in [0.29, 0.717) is 18.6 Å². The van der Waals surface area contributed by atoms with Crippen LogP contribution in [0.5, 0.6) is 5.75 Å². The molecule has 0 amide bonds. The first kappa shape index (κ1) is 19.1. The number of rotatable bonds is 5. The van der Waals surface area contributed by atoms with E-state index in [2.05, 4.69) is 4.74 Å². The molecule has 1 heterocycles. The Bertz CT molecular complexity index is 812. The summed E-state index contributed by atoms with van der Waals surface area (Å²) in [7, 11) is -3.26. The Kier molecular flexibility index (Phi) is 5.28. The zero-order valence-electron chi connectivity index (χ0n) is 13.5. The van der Waals surface area contributed by atoms with Gasteiger partial charge in [-0.25, -0.2) is 12.8 Å². The molecule has 0 bridgehead atoms. The van der Waals surface area contributed by atoms with Crippen molar-refractivity contribution in [1.29, 1.82) is 0 Å². The predicted molar refractivity (Wildman–Crippen MR) is 83.3 cm³/mol. The Hall–Kier alpha value is -2.27. The fourth-order valence-corrected chi connectivity index (χ4v) is 4.51. The highest BCUT2D eigenvalue weighted by Gasteiger charge is 2.37. The van der Waals surface area contributed by atoms with Gasteiger partial charge in [0.15, 0.2) is 5.82 Å². The Morgan fingerprint density at radius 1 is 1.44 bits per heavy atom. The lowest BCUT2D eigenvalue weighted by molar-refractivity contribution is -0.386. The van der Waals surface area contributed by atoms with Crippen LogP contribution in [0.3, 0.4) is 0 Å². The monoisotopic (exact) mass is 376 g/mol. The number of sulfonamides is 1. The van der Waals surface area contributed by atoms with Gasteiger partial charge in [0.25, 0.3) is 0 Å². The molecule has 11 heteroatoms. The molecule has 1 N–H and O–H groups in total. The topological polar surface area (TPSA) is 127 Å². The summed E-state index contributed by atoms with van der Waals surface area (Å²) >= 11 is 0. The van der Waals surface area contributed by atoms with Crippen LogP contribution in [0.1, 0.15) is 13.3 Å². The molecule has 2 atom stereocenters. The number of hydrogen-bond acceptors (Lipinski definition) is 6. The van der Waals surface area contributed by atoms with Crippen LogP contribution in [-0.4, -0.2) is 48.9 Å². The lowest BCUT2D eigenvalue weighted by Crippen LogP contribution is -2.45. The lowest BCUT2D eigenvalue weighted by atomic mass is 9.92. The average molecular weight is 376 g/mol. The molecule has 0 aromatic heterocycles. The number of piperidine rings is 1. The summed E-state index contributed by atoms with van der Waals surface area (Å²) in [5, 5.41) is 20.2. The van der Waals surface area contributed by atoms with Gasteiger partial charge in [-0.05, 0) is 18.4 Å². The summed E-state index contributed by atoms with van der Waals surface area (Å²) in [6, 6.07) is 1.35. The van der Waals surface area contributed by atoms with Crippen LogP contribution in [0.15, 0.2) is 17.0 Å². The van der Waals surface area contributed by atoms with Crippen molar-refractivity contribution in [3.05, 3.63) is 28.1 Å². The van der Waals surface area contributed by atoms with E-state index in [1.807, 2.05) is 0 Å². The largest absolute Gasteiger partial charge is 0.488 e. The molecule has 0 aliphatic carbocycles. The second-order valence-electron chi connectivity index (χ2n) is 5.91. The van der Waals surface area contributed by atoms with Crippen LogP contribution in [-0.2, 0) is 14.8 Å². The minimum Gasteiger partial charge on any atom is -0.488 e. The van der Waals surface area contributed by atoms with Crippen LogP contribution < -0.4 is 4.74 Å². The molecule has 1 aliphatic rings. The third kappa shape index (κ3) is 3.71. The van der Waals surface area contributed by atoms with Crippen LogP contribution in [0.2, 0.25) is 0 Å². The fraction of sp³-hybridized carbons (Fsp3) is 0.500. The van der Waals surface area contributed by atoms with E-state index in [4.69, 9.17) is 5.11 Å². The number of carboxylic acid groups (broad SMARTS) is 1. The van der Waals surface area contributed by atoms with Gasteiger partial charge in [-0.1, -0.05) is 6.92 Å². The quantitative estimate of drug-likeness (QED) is 0.609. The zero-order chi connectivity index (χ0) is 18.9. The van der Waals surface area contributed by atoms with Crippen LogP contribution in [0.4, 0.5) is 10.1 Å². The van der Waals surface area contributed by atoms with Gasteiger partial charge < -0.3 is 9.84 Å². The Morgan fingerprint density at radius 2 is 2.08 bits per heavy atom. The number of hydrogen-bond donors (Lipinski definition) is 1. The lowest BCUT2D eigenvalue weighted by Gasteiger charge is -2.33. The van der Waals surface area contributed by atoms with Crippen LogP contribution in [0, 0.1) is 27.8 Å². The van der Waals surface area contributed by atoms with E-state index in [1.54, 1.807) is 6.92 Å². The number of carboxylic acids is 1. The van der Waals surface area contributed by atoms with Gasteiger partial charge in [0.1, 0.15) is 0 Å². The number of carbonyl (C=O) groups is 1. The maximum absolute atomic E-state index is 14.0. The molecule has 138 valence electrons. The van der Waals surface area contributed by atoms with E-state index in [-0.39, 0.29) is 19.0 Å². The molecule has 1 aromatic carbocycles. The minimum absolute atomic E-state index is 0.0492. The molecule has 25 heavy (non-hydrogen) atoms. The van der Waals surface area contributed by atoms with Gasteiger partial charge in [-0.3, -0.25) is 14.9 Å². The second kappa shape index (κ2) is 6.92. The van der Waals surface area contributed by atoms with Gasteiger partial charge in [-0.2, -0.15) is 4.31 Å². The number of nitro benzene ring substituents is 1. The molecule has 0 saturated carbocycles. The Labute approximate surface area is 143 Å². The smallest absolute Gasteiger partial charge is 0.315 e. The highest BCUT2D eigenvalue weighted by atomic mass is 32.2. The molecule has 1 aromatic rings. The second-order valence-corrected chi connectivity index (χ2v) is 7.85. The van der Waals surface area contributed by atoms with Crippen molar-refractivity contribution in [2.24, 2.45) is 11.8 Å². The van der Waals surface area contributed by atoms with Crippen LogP contribution in [0.25, 0.3) is 0 Å². The summed E-state index contributed by atoms with van der Waals surface area (Å²) in [6.45, 7) is 1.48. The van der Waals surface area contributed by atoms with Crippen molar-refractivity contribution in [3.8, 4) is 5.75 Å². The number of aliphatic carboxylic acids is 1. The van der Waals surface area contributed by atoms with Gasteiger partial charge >= 0.3 is 11.7 Å². The van der Waals surface area contributed by atoms with Crippen molar-refractivity contribution in [2.75, 3.05) is 20.2 Å². The van der Waals surface area contributed by atoms with Crippen molar-refractivity contribution in [3.63, 3.8) is 0 Å². The first-order valence-corrected chi connectivity index (χ1v) is 8.76. The SMILES string of the molecule is COc1c(F)cc(S(=O)(=O)N2CC(C)CC(C(=O)O)C2)cc1[N+](=O)[O-]. The van der Waals surface area contributed by atoms with Crippen molar-refractivity contribution >= 4 is 21.7 Å². The van der Waals surface area contributed by atoms with Crippen molar-refractivity contribution in [1.82, 2.24) is 4.31 Å². The summed E-state index contributed by atoms with van der Waals surface area (Å²) < 4.78 is 45.0. The minimum atomic E-state index is -4.29. The molecular formula is C14H17FN2O7S. The molecule has 9 nitrogen and oxygen atoms in total. The molecule has 1 aliphatic heterocycles. The third-order valence-corrected chi connectivity index (χ3v) is 5.82. The van der Waals surface area contributed by atoms with Crippen molar-refractivity contribution in [2.45, 2.75) is 18.2 Å². The van der Waals surface area contributed by atoms with E-state index in [1.165, 1.54) is 0 Å². The summed E-state index contributed by atoms with van der Waals surface area (Å²) in [5.74, 6) is -4.09. The molecule has 1 saturated heterocycles. The van der Waals surface area contributed by atoms with Crippen molar-refractivity contribution < 1.29 is 32.4 Å². The Morgan fingerprint density at radius 3 is 2.60 bits per heavy atom. The number of halogens is 1. The summed E-state index contributed by atoms with van der Waals surface area (Å²) in [6.07, 6.45) is 0.318.